The average Bonchev–Trinajstić information content (AvgIpc) is 2.51. The summed E-state index contributed by atoms with van der Waals surface area (Å²) >= 11 is 6.47. The molecule has 1 aliphatic rings. The summed E-state index contributed by atoms with van der Waals surface area (Å²) in [5, 5.41) is 4.53. The number of hydrogen-bond donors (Lipinski definition) is 1. The summed E-state index contributed by atoms with van der Waals surface area (Å²) in [4.78, 5) is 0. The van der Waals surface area contributed by atoms with Gasteiger partial charge in [0.25, 0.3) is 0 Å². The van der Waals surface area contributed by atoms with Gasteiger partial charge in [0.1, 0.15) is 0 Å². The molecule has 1 fully saturated rings. The van der Waals surface area contributed by atoms with Crippen LogP contribution in [-0.2, 0) is 4.74 Å². The average molecular weight is 310 g/mol. The van der Waals surface area contributed by atoms with E-state index in [2.05, 4.69) is 31.3 Å². The van der Waals surface area contributed by atoms with Crippen molar-refractivity contribution in [2.24, 2.45) is 5.92 Å². The van der Waals surface area contributed by atoms with Gasteiger partial charge < -0.3 is 10.1 Å². The summed E-state index contributed by atoms with van der Waals surface area (Å²) in [5.41, 5.74) is 1.04. The molecule has 0 amide bonds. The molecule has 0 aliphatic heterocycles. The van der Waals surface area contributed by atoms with Crippen LogP contribution in [0.15, 0.2) is 24.3 Å². The molecule has 0 heterocycles. The van der Waals surface area contributed by atoms with Crippen molar-refractivity contribution >= 4 is 11.6 Å². The van der Waals surface area contributed by atoms with Crippen molar-refractivity contribution in [3.05, 3.63) is 34.9 Å². The van der Waals surface area contributed by atoms with Gasteiger partial charge in [0.15, 0.2) is 0 Å². The fraction of sp³-hybridized carbons (Fsp3) is 0.667. The van der Waals surface area contributed by atoms with Gasteiger partial charge in [-0.2, -0.15) is 0 Å². The minimum Gasteiger partial charge on any atom is -0.376 e. The van der Waals surface area contributed by atoms with Gasteiger partial charge in [-0.15, -0.1) is 0 Å². The lowest BCUT2D eigenvalue weighted by atomic mass is 9.73. The molecule has 0 saturated heterocycles. The highest BCUT2D eigenvalue weighted by molar-refractivity contribution is 6.31. The molecule has 0 bridgehead atoms. The van der Waals surface area contributed by atoms with Crippen LogP contribution in [-0.4, -0.2) is 19.3 Å². The summed E-state index contributed by atoms with van der Waals surface area (Å²) in [7, 11) is 1.85. The van der Waals surface area contributed by atoms with Crippen molar-refractivity contribution < 1.29 is 4.74 Å². The van der Waals surface area contributed by atoms with E-state index < -0.39 is 0 Å². The van der Waals surface area contributed by atoms with Gasteiger partial charge in [0, 0.05) is 12.1 Å². The highest BCUT2D eigenvalue weighted by Crippen LogP contribution is 2.44. The van der Waals surface area contributed by atoms with Gasteiger partial charge in [-0.1, -0.05) is 43.6 Å². The minimum atomic E-state index is -0.132. The summed E-state index contributed by atoms with van der Waals surface area (Å²) < 4.78 is 6.07. The zero-order chi connectivity index (χ0) is 15.3. The first-order valence-electron chi connectivity index (χ1n) is 8.16. The van der Waals surface area contributed by atoms with Crippen molar-refractivity contribution in [3.8, 4) is 0 Å². The quantitative estimate of drug-likeness (QED) is 0.800. The van der Waals surface area contributed by atoms with Crippen LogP contribution in [0.1, 0.15) is 57.6 Å². The Morgan fingerprint density at radius 3 is 2.57 bits per heavy atom. The Morgan fingerprint density at radius 2 is 2.00 bits per heavy atom. The van der Waals surface area contributed by atoms with Crippen LogP contribution in [0.4, 0.5) is 0 Å². The van der Waals surface area contributed by atoms with Crippen LogP contribution >= 0.6 is 11.6 Å². The molecule has 0 spiro atoms. The van der Waals surface area contributed by atoms with Crippen LogP contribution in [0.25, 0.3) is 0 Å². The van der Waals surface area contributed by atoms with E-state index in [9.17, 15) is 0 Å². The molecule has 1 unspecified atom stereocenters. The van der Waals surface area contributed by atoms with E-state index in [1.165, 1.54) is 18.4 Å². The van der Waals surface area contributed by atoms with Gasteiger partial charge >= 0.3 is 0 Å². The first-order valence-corrected chi connectivity index (χ1v) is 8.53. The van der Waals surface area contributed by atoms with Gasteiger partial charge in [0.05, 0.1) is 11.6 Å². The standard InChI is InChI=1S/C18H28ClNO/c1-4-13-20-17(15-7-5-6-8-16(15)19)18(21-3)11-9-14(2)10-12-18/h5-8,14,17,20H,4,9-13H2,1-3H3. The van der Waals surface area contributed by atoms with Crippen LogP contribution < -0.4 is 5.32 Å². The molecule has 3 heteroatoms. The Morgan fingerprint density at radius 1 is 1.33 bits per heavy atom. The largest absolute Gasteiger partial charge is 0.376 e. The molecule has 1 atom stereocenters. The molecule has 1 N–H and O–H groups in total. The Kier molecular flexibility index (Phi) is 6.09. The van der Waals surface area contributed by atoms with Gasteiger partial charge in [-0.25, -0.2) is 0 Å². The monoisotopic (exact) mass is 309 g/mol. The van der Waals surface area contributed by atoms with Crippen LogP contribution in [0, 0.1) is 5.92 Å². The highest BCUT2D eigenvalue weighted by Gasteiger charge is 2.42. The van der Waals surface area contributed by atoms with E-state index in [0.717, 1.165) is 36.7 Å². The molecule has 1 aliphatic carbocycles. The van der Waals surface area contributed by atoms with Crippen molar-refractivity contribution in [3.63, 3.8) is 0 Å². The normalized spacial score (nSPS) is 27.5. The topological polar surface area (TPSA) is 21.3 Å². The Bertz CT molecular complexity index is 441. The number of halogens is 1. The molecule has 118 valence electrons. The first kappa shape index (κ1) is 16.8. The third-order valence-corrected chi connectivity index (χ3v) is 5.21. The fourth-order valence-electron chi connectivity index (χ4n) is 3.44. The summed E-state index contributed by atoms with van der Waals surface area (Å²) in [6, 6.07) is 8.34. The van der Waals surface area contributed by atoms with E-state index in [4.69, 9.17) is 16.3 Å². The lowest BCUT2D eigenvalue weighted by Crippen LogP contribution is -2.48. The third-order valence-electron chi connectivity index (χ3n) is 4.87. The van der Waals surface area contributed by atoms with Crippen LogP contribution in [0.5, 0.6) is 0 Å². The number of ether oxygens (including phenoxy) is 1. The third kappa shape index (κ3) is 3.80. The zero-order valence-electron chi connectivity index (χ0n) is 13.5. The molecular formula is C18H28ClNO. The SMILES string of the molecule is CCCNC(c1ccccc1Cl)C1(OC)CCC(C)CC1. The van der Waals surface area contributed by atoms with Crippen molar-refractivity contribution in [1.29, 1.82) is 0 Å². The predicted molar refractivity (Wildman–Crippen MR) is 89.9 cm³/mol. The lowest BCUT2D eigenvalue weighted by molar-refractivity contribution is -0.0760. The zero-order valence-corrected chi connectivity index (χ0v) is 14.2. The summed E-state index contributed by atoms with van der Waals surface area (Å²) in [5.74, 6) is 0.798. The van der Waals surface area contributed by atoms with E-state index in [1.54, 1.807) is 0 Å². The number of benzene rings is 1. The number of rotatable bonds is 6. The predicted octanol–water partition coefficient (Wildman–Crippen LogP) is 4.98. The molecule has 2 rings (SSSR count). The molecule has 1 aromatic rings. The van der Waals surface area contributed by atoms with E-state index >= 15 is 0 Å². The van der Waals surface area contributed by atoms with Crippen LogP contribution in [0.3, 0.4) is 0 Å². The molecular weight excluding hydrogens is 282 g/mol. The minimum absolute atomic E-state index is 0.132. The lowest BCUT2D eigenvalue weighted by Gasteiger charge is -2.45. The fourth-order valence-corrected chi connectivity index (χ4v) is 3.68. The highest BCUT2D eigenvalue weighted by atomic mass is 35.5. The van der Waals surface area contributed by atoms with Crippen molar-refractivity contribution in [2.45, 2.75) is 57.6 Å². The van der Waals surface area contributed by atoms with Crippen LogP contribution in [0.2, 0.25) is 5.02 Å². The van der Waals surface area contributed by atoms with Gasteiger partial charge in [0.2, 0.25) is 0 Å². The number of nitrogens with one attached hydrogen (secondary N) is 1. The first-order chi connectivity index (χ1) is 10.1. The van der Waals surface area contributed by atoms with E-state index in [0.29, 0.717) is 0 Å². The maximum absolute atomic E-state index is 6.47. The van der Waals surface area contributed by atoms with E-state index in [1.807, 2.05) is 19.2 Å². The summed E-state index contributed by atoms with van der Waals surface area (Å²) in [6.45, 7) is 5.51. The molecule has 0 aromatic heterocycles. The van der Waals surface area contributed by atoms with Crippen molar-refractivity contribution in [1.82, 2.24) is 5.32 Å². The number of hydrogen-bond acceptors (Lipinski definition) is 2. The second-order valence-corrected chi connectivity index (χ2v) is 6.77. The summed E-state index contributed by atoms with van der Waals surface area (Å²) in [6.07, 6.45) is 5.75. The Hall–Kier alpha value is -0.570. The molecule has 1 aromatic carbocycles. The number of methoxy groups -OCH3 is 1. The molecule has 1 saturated carbocycles. The molecule has 2 nitrogen and oxygen atoms in total. The maximum atomic E-state index is 6.47. The smallest absolute Gasteiger partial charge is 0.0873 e. The van der Waals surface area contributed by atoms with Gasteiger partial charge in [-0.05, 0) is 56.2 Å². The van der Waals surface area contributed by atoms with Gasteiger partial charge in [-0.3, -0.25) is 0 Å². The van der Waals surface area contributed by atoms with E-state index in [-0.39, 0.29) is 11.6 Å². The Balaban J connectivity index is 2.32. The van der Waals surface area contributed by atoms with Crippen molar-refractivity contribution in [2.75, 3.05) is 13.7 Å². The maximum Gasteiger partial charge on any atom is 0.0873 e. The second-order valence-electron chi connectivity index (χ2n) is 6.36. The molecule has 21 heavy (non-hydrogen) atoms. The molecule has 0 radical (unpaired) electrons. The Labute approximate surface area is 134 Å². The second kappa shape index (κ2) is 7.62.